The van der Waals surface area contributed by atoms with Crippen molar-refractivity contribution in [3.63, 3.8) is 0 Å². The number of hydrogen-bond acceptors (Lipinski definition) is 2. The Labute approximate surface area is 130 Å². The summed E-state index contributed by atoms with van der Waals surface area (Å²) in [5.41, 5.74) is 0. The number of nitrogens with zero attached hydrogens (tertiary/aromatic N) is 1. The smallest absolute Gasteiger partial charge is 0.226 e. The minimum atomic E-state index is 0. The summed E-state index contributed by atoms with van der Waals surface area (Å²) in [7, 11) is 0. The second kappa shape index (κ2) is 9.62. The molecule has 0 aromatic rings. The van der Waals surface area contributed by atoms with Crippen LogP contribution in [-0.2, 0) is 4.79 Å². The summed E-state index contributed by atoms with van der Waals surface area (Å²) >= 11 is 0. The van der Waals surface area contributed by atoms with E-state index in [1.807, 2.05) is 0 Å². The van der Waals surface area contributed by atoms with Gasteiger partial charge in [0.2, 0.25) is 5.91 Å². The average molecular weight is 303 g/mol. The fourth-order valence-corrected chi connectivity index (χ4v) is 3.56. The lowest BCUT2D eigenvalue weighted by Crippen LogP contribution is -2.45. The highest BCUT2D eigenvalue weighted by atomic mass is 35.5. The van der Waals surface area contributed by atoms with Crippen LogP contribution in [0.15, 0.2) is 0 Å². The molecule has 0 bridgehead atoms. The molecular formula is C16H31ClN2O. The molecule has 1 saturated heterocycles. The van der Waals surface area contributed by atoms with Gasteiger partial charge in [0.05, 0.1) is 5.92 Å². The van der Waals surface area contributed by atoms with Crippen molar-refractivity contribution in [2.24, 2.45) is 11.8 Å². The molecule has 1 saturated carbocycles. The summed E-state index contributed by atoms with van der Waals surface area (Å²) in [5, 5.41) is 3.37. The molecule has 0 aromatic carbocycles. The van der Waals surface area contributed by atoms with Crippen LogP contribution in [0.2, 0.25) is 0 Å². The summed E-state index contributed by atoms with van der Waals surface area (Å²) in [5.74, 6) is 1.42. The van der Waals surface area contributed by atoms with E-state index in [1.54, 1.807) is 0 Å². The quantitative estimate of drug-likeness (QED) is 0.845. The number of carbonyl (C=O) groups is 1. The van der Waals surface area contributed by atoms with Crippen LogP contribution in [0, 0.1) is 11.8 Å². The molecule has 2 rings (SSSR count). The Morgan fingerprint density at radius 3 is 2.50 bits per heavy atom. The van der Waals surface area contributed by atoms with Gasteiger partial charge in [0.1, 0.15) is 0 Å². The van der Waals surface area contributed by atoms with E-state index in [9.17, 15) is 4.79 Å². The largest absolute Gasteiger partial charge is 0.342 e. The number of halogens is 1. The van der Waals surface area contributed by atoms with Crippen molar-refractivity contribution in [2.75, 3.05) is 26.2 Å². The van der Waals surface area contributed by atoms with Gasteiger partial charge in [-0.1, -0.05) is 26.2 Å². The molecule has 0 radical (unpaired) electrons. The number of hydrogen-bond donors (Lipinski definition) is 1. The van der Waals surface area contributed by atoms with Gasteiger partial charge in [-0.2, -0.15) is 0 Å². The van der Waals surface area contributed by atoms with Gasteiger partial charge in [0.25, 0.3) is 0 Å². The van der Waals surface area contributed by atoms with Gasteiger partial charge in [-0.05, 0) is 44.6 Å². The molecular weight excluding hydrogens is 272 g/mol. The third-order valence-electron chi connectivity index (χ3n) is 4.65. The van der Waals surface area contributed by atoms with E-state index >= 15 is 0 Å². The molecule has 1 heterocycles. The second-order valence-corrected chi connectivity index (χ2v) is 6.33. The first kappa shape index (κ1) is 17.8. The Morgan fingerprint density at radius 1 is 1.15 bits per heavy atom. The summed E-state index contributed by atoms with van der Waals surface area (Å²) in [6, 6.07) is 0. The highest BCUT2D eigenvalue weighted by Gasteiger charge is 2.27. The maximum absolute atomic E-state index is 12.6. The predicted molar refractivity (Wildman–Crippen MR) is 86.3 cm³/mol. The van der Waals surface area contributed by atoms with Crippen molar-refractivity contribution in [2.45, 2.75) is 58.3 Å². The molecule has 3 nitrogen and oxygen atoms in total. The van der Waals surface area contributed by atoms with Gasteiger partial charge in [-0.15, -0.1) is 12.4 Å². The lowest BCUT2D eigenvalue weighted by Gasteiger charge is -2.33. The number of rotatable bonds is 5. The topological polar surface area (TPSA) is 32.3 Å². The molecule has 1 atom stereocenters. The first-order chi connectivity index (χ1) is 9.31. The molecule has 1 aliphatic carbocycles. The standard InChI is InChI=1S/C16H30N2O.ClH/c1-2-11-18(13-14-7-4-3-5-8-14)16(19)15-9-6-10-17-12-15;/h14-15,17H,2-13H2,1H3;1H. The number of carbonyl (C=O) groups excluding carboxylic acids is 1. The van der Waals surface area contributed by atoms with Crippen LogP contribution >= 0.6 is 12.4 Å². The van der Waals surface area contributed by atoms with Crippen molar-refractivity contribution >= 4 is 18.3 Å². The highest BCUT2D eigenvalue weighted by Crippen LogP contribution is 2.25. The molecule has 1 N–H and O–H groups in total. The Balaban J connectivity index is 0.00000200. The third kappa shape index (κ3) is 5.25. The minimum absolute atomic E-state index is 0. The van der Waals surface area contributed by atoms with Crippen LogP contribution in [0.4, 0.5) is 0 Å². The first-order valence-electron chi connectivity index (χ1n) is 8.30. The highest BCUT2D eigenvalue weighted by molar-refractivity contribution is 5.85. The monoisotopic (exact) mass is 302 g/mol. The first-order valence-corrected chi connectivity index (χ1v) is 8.30. The SMILES string of the molecule is CCCN(CC1CCCCC1)C(=O)C1CCCNC1.Cl. The molecule has 2 fully saturated rings. The molecule has 0 spiro atoms. The van der Waals surface area contributed by atoms with Gasteiger partial charge in [0, 0.05) is 19.6 Å². The van der Waals surface area contributed by atoms with Crippen LogP contribution < -0.4 is 5.32 Å². The summed E-state index contributed by atoms with van der Waals surface area (Å²) in [6.07, 6.45) is 10.1. The van der Waals surface area contributed by atoms with Gasteiger partial charge in [0.15, 0.2) is 0 Å². The van der Waals surface area contributed by atoms with Crippen LogP contribution in [0.5, 0.6) is 0 Å². The summed E-state index contributed by atoms with van der Waals surface area (Å²) < 4.78 is 0. The minimum Gasteiger partial charge on any atom is -0.342 e. The van der Waals surface area contributed by atoms with Gasteiger partial charge < -0.3 is 10.2 Å². The zero-order valence-corrected chi connectivity index (χ0v) is 13.7. The Kier molecular flexibility index (Phi) is 8.55. The molecule has 2 aliphatic rings. The Morgan fingerprint density at radius 2 is 1.90 bits per heavy atom. The van der Waals surface area contributed by atoms with E-state index in [0.717, 1.165) is 51.4 Å². The Hall–Kier alpha value is -0.280. The third-order valence-corrected chi connectivity index (χ3v) is 4.65. The van der Waals surface area contributed by atoms with E-state index in [4.69, 9.17) is 0 Å². The lowest BCUT2D eigenvalue weighted by atomic mass is 9.88. The van der Waals surface area contributed by atoms with E-state index < -0.39 is 0 Å². The van der Waals surface area contributed by atoms with Gasteiger partial charge >= 0.3 is 0 Å². The fourth-order valence-electron chi connectivity index (χ4n) is 3.56. The fraction of sp³-hybridized carbons (Fsp3) is 0.938. The van der Waals surface area contributed by atoms with Crippen LogP contribution in [0.3, 0.4) is 0 Å². The lowest BCUT2D eigenvalue weighted by molar-refractivity contribution is -0.137. The number of nitrogens with one attached hydrogen (secondary N) is 1. The molecule has 0 aromatic heterocycles. The van der Waals surface area contributed by atoms with Crippen LogP contribution in [-0.4, -0.2) is 37.0 Å². The van der Waals surface area contributed by atoms with Gasteiger partial charge in [-0.25, -0.2) is 0 Å². The predicted octanol–water partition coefficient (Wildman–Crippen LogP) is 3.23. The molecule has 1 unspecified atom stereocenters. The molecule has 20 heavy (non-hydrogen) atoms. The zero-order chi connectivity index (χ0) is 13.5. The van der Waals surface area contributed by atoms with E-state index in [0.29, 0.717) is 5.91 Å². The van der Waals surface area contributed by atoms with Crippen LogP contribution in [0.1, 0.15) is 58.3 Å². The van der Waals surface area contributed by atoms with E-state index in [-0.39, 0.29) is 18.3 Å². The maximum atomic E-state index is 12.6. The van der Waals surface area contributed by atoms with Crippen molar-refractivity contribution in [1.82, 2.24) is 10.2 Å². The van der Waals surface area contributed by atoms with Crippen molar-refractivity contribution in [3.05, 3.63) is 0 Å². The molecule has 118 valence electrons. The Bertz CT molecular complexity index is 274. The van der Waals surface area contributed by atoms with Crippen molar-refractivity contribution < 1.29 is 4.79 Å². The average Bonchev–Trinajstić information content (AvgIpc) is 2.48. The summed E-state index contributed by atoms with van der Waals surface area (Å²) in [6.45, 7) is 6.12. The van der Waals surface area contributed by atoms with E-state index in [1.165, 1.54) is 32.1 Å². The molecule has 1 aliphatic heterocycles. The van der Waals surface area contributed by atoms with Crippen molar-refractivity contribution in [3.8, 4) is 0 Å². The number of piperidine rings is 1. The second-order valence-electron chi connectivity index (χ2n) is 6.33. The number of amides is 1. The van der Waals surface area contributed by atoms with Gasteiger partial charge in [-0.3, -0.25) is 4.79 Å². The molecule has 4 heteroatoms. The van der Waals surface area contributed by atoms with Crippen LogP contribution in [0.25, 0.3) is 0 Å². The van der Waals surface area contributed by atoms with Crippen molar-refractivity contribution in [1.29, 1.82) is 0 Å². The maximum Gasteiger partial charge on any atom is 0.226 e. The normalized spacial score (nSPS) is 23.9. The zero-order valence-electron chi connectivity index (χ0n) is 12.9. The molecule has 1 amide bonds. The summed E-state index contributed by atoms with van der Waals surface area (Å²) in [4.78, 5) is 14.8. The van der Waals surface area contributed by atoms with E-state index in [2.05, 4.69) is 17.1 Å².